The van der Waals surface area contributed by atoms with Gasteiger partial charge >= 0.3 is 6.18 Å². The van der Waals surface area contributed by atoms with Crippen molar-refractivity contribution in [2.75, 3.05) is 6.61 Å². The van der Waals surface area contributed by atoms with Gasteiger partial charge in [0, 0.05) is 16.1 Å². The van der Waals surface area contributed by atoms with Crippen molar-refractivity contribution in [2.24, 2.45) is 0 Å². The van der Waals surface area contributed by atoms with Crippen LogP contribution in [0.2, 0.25) is 0 Å². The molecule has 0 aliphatic carbocycles. The summed E-state index contributed by atoms with van der Waals surface area (Å²) < 4.78 is 43.9. The summed E-state index contributed by atoms with van der Waals surface area (Å²) in [7, 11) is 0. The number of halogens is 4. The molecule has 0 spiro atoms. The Morgan fingerprint density at radius 1 is 1.35 bits per heavy atom. The minimum absolute atomic E-state index is 0.00377. The maximum absolute atomic E-state index is 13.0. The number of aromatic nitrogens is 1. The average molecular weight is 348 g/mol. The molecule has 3 nitrogen and oxygen atoms in total. The fraction of sp³-hybridized carbons (Fsp3) is 0.231. The minimum atomic E-state index is -4.51. The van der Waals surface area contributed by atoms with Crippen molar-refractivity contribution < 1.29 is 22.7 Å². The van der Waals surface area contributed by atoms with Crippen LogP contribution < -0.4 is 0 Å². The molecule has 0 amide bonds. The number of alkyl halides is 3. The van der Waals surface area contributed by atoms with E-state index >= 15 is 0 Å². The summed E-state index contributed by atoms with van der Waals surface area (Å²) >= 11 is 3.25. The fourth-order valence-electron chi connectivity index (χ4n) is 1.83. The zero-order valence-electron chi connectivity index (χ0n) is 10.0. The van der Waals surface area contributed by atoms with E-state index in [9.17, 15) is 18.0 Å². The van der Waals surface area contributed by atoms with Crippen LogP contribution in [0.5, 0.6) is 0 Å². The predicted molar refractivity (Wildman–Crippen MR) is 70.3 cm³/mol. The van der Waals surface area contributed by atoms with E-state index in [-0.39, 0.29) is 12.0 Å². The van der Waals surface area contributed by atoms with Gasteiger partial charge in [-0.25, -0.2) is 0 Å². The molecule has 2 aromatic rings. The summed E-state index contributed by atoms with van der Waals surface area (Å²) in [6.45, 7) is -0.752. The van der Waals surface area contributed by atoms with Gasteiger partial charge in [0.1, 0.15) is 12.5 Å². The average Bonchev–Trinajstić information content (AvgIpc) is 2.37. The number of rotatable bonds is 4. The number of fused-ring (bicyclic) bond motifs is 1. The Labute approximate surface area is 120 Å². The molecule has 0 bridgehead atoms. The first-order chi connectivity index (χ1) is 9.41. The molecule has 1 unspecified atom stereocenters. The van der Waals surface area contributed by atoms with Crippen LogP contribution >= 0.6 is 15.9 Å². The highest BCUT2D eigenvalue weighted by Crippen LogP contribution is 2.35. The number of carbonyl (C=O) groups is 1. The number of nitrogens with zero attached hydrogens (tertiary/aromatic N) is 1. The van der Waals surface area contributed by atoms with Crippen molar-refractivity contribution in [3.05, 3.63) is 40.5 Å². The summed E-state index contributed by atoms with van der Waals surface area (Å²) in [5.41, 5.74) is 0.555. The standard InChI is InChI=1S/C13H9BrF3NO2/c14-10-1-2-12-8(4-10)3-9(5-18-12)11(6-20-7-19)13(15,16)17/h1-5,7,11H,6H2. The first-order valence-electron chi connectivity index (χ1n) is 5.59. The summed E-state index contributed by atoms with van der Waals surface area (Å²) in [5.74, 6) is -1.89. The molecular weight excluding hydrogens is 339 g/mol. The molecule has 2 rings (SSSR count). The lowest BCUT2D eigenvalue weighted by Crippen LogP contribution is -2.25. The third-order valence-electron chi connectivity index (χ3n) is 2.79. The molecule has 0 saturated heterocycles. The molecule has 0 aliphatic rings. The van der Waals surface area contributed by atoms with Gasteiger partial charge in [-0.3, -0.25) is 9.78 Å². The topological polar surface area (TPSA) is 39.2 Å². The van der Waals surface area contributed by atoms with Crippen molar-refractivity contribution in [2.45, 2.75) is 12.1 Å². The van der Waals surface area contributed by atoms with Gasteiger partial charge in [-0.1, -0.05) is 15.9 Å². The smallest absolute Gasteiger partial charge is 0.399 e. The van der Waals surface area contributed by atoms with E-state index in [1.165, 1.54) is 6.07 Å². The molecule has 1 aromatic heterocycles. The van der Waals surface area contributed by atoms with Crippen molar-refractivity contribution in [3.63, 3.8) is 0 Å². The van der Waals surface area contributed by atoms with E-state index in [4.69, 9.17) is 0 Å². The lowest BCUT2D eigenvalue weighted by Gasteiger charge is -2.19. The zero-order chi connectivity index (χ0) is 14.8. The molecule has 0 aliphatic heterocycles. The molecular formula is C13H9BrF3NO2. The number of benzene rings is 1. The van der Waals surface area contributed by atoms with Crippen molar-refractivity contribution in [1.29, 1.82) is 0 Å². The molecule has 20 heavy (non-hydrogen) atoms. The molecule has 1 aromatic carbocycles. The van der Waals surface area contributed by atoms with Gasteiger partial charge in [-0.15, -0.1) is 0 Å². The number of carbonyl (C=O) groups excluding carboxylic acids is 1. The Balaban J connectivity index is 2.44. The second-order valence-electron chi connectivity index (χ2n) is 4.13. The van der Waals surface area contributed by atoms with Crippen molar-refractivity contribution >= 4 is 33.3 Å². The van der Waals surface area contributed by atoms with Crippen LogP contribution in [0, 0.1) is 0 Å². The van der Waals surface area contributed by atoms with Crippen LogP contribution in [0.3, 0.4) is 0 Å². The van der Waals surface area contributed by atoms with Crippen LogP contribution in [0.25, 0.3) is 10.9 Å². The SMILES string of the molecule is O=COCC(c1cnc2ccc(Br)cc2c1)C(F)(F)F. The molecule has 0 saturated carbocycles. The summed E-state index contributed by atoms with van der Waals surface area (Å²) in [5, 5.41) is 0.581. The highest BCUT2D eigenvalue weighted by molar-refractivity contribution is 9.10. The third kappa shape index (κ3) is 3.27. The number of ether oxygens (including phenoxy) is 1. The van der Waals surface area contributed by atoms with Gasteiger partial charge in [0.05, 0.1) is 5.52 Å². The molecule has 1 atom stereocenters. The van der Waals surface area contributed by atoms with Crippen LogP contribution in [0.15, 0.2) is 34.9 Å². The van der Waals surface area contributed by atoms with Crippen LogP contribution in [-0.4, -0.2) is 24.2 Å². The third-order valence-corrected chi connectivity index (χ3v) is 3.29. The molecule has 7 heteroatoms. The van der Waals surface area contributed by atoms with E-state index in [0.29, 0.717) is 10.9 Å². The normalized spacial score (nSPS) is 13.2. The lowest BCUT2D eigenvalue weighted by molar-refractivity contribution is -0.164. The number of hydrogen-bond donors (Lipinski definition) is 0. The minimum Gasteiger partial charge on any atom is -0.467 e. The highest BCUT2D eigenvalue weighted by Gasteiger charge is 2.41. The fourth-order valence-corrected chi connectivity index (χ4v) is 2.20. The largest absolute Gasteiger partial charge is 0.467 e. The maximum atomic E-state index is 13.0. The van der Waals surface area contributed by atoms with E-state index in [2.05, 4.69) is 25.7 Å². The Kier molecular flexibility index (Phi) is 4.27. The Morgan fingerprint density at radius 3 is 2.75 bits per heavy atom. The summed E-state index contributed by atoms with van der Waals surface area (Å²) in [4.78, 5) is 14.1. The molecule has 1 heterocycles. The summed E-state index contributed by atoms with van der Waals surface area (Å²) in [6.07, 6.45) is -3.35. The molecule has 0 fully saturated rings. The molecule has 0 radical (unpaired) electrons. The van der Waals surface area contributed by atoms with Gasteiger partial charge in [0.25, 0.3) is 6.47 Å². The monoisotopic (exact) mass is 347 g/mol. The lowest BCUT2D eigenvalue weighted by atomic mass is 9.99. The second kappa shape index (κ2) is 5.78. The van der Waals surface area contributed by atoms with Gasteiger partial charge in [0.15, 0.2) is 0 Å². The summed E-state index contributed by atoms with van der Waals surface area (Å²) in [6, 6.07) is 6.54. The Bertz CT molecular complexity index is 631. The Morgan fingerprint density at radius 2 is 2.10 bits per heavy atom. The van der Waals surface area contributed by atoms with Gasteiger partial charge in [0.2, 0.25) is 0 Å². The maximum Gasteiger partial charge on any atom is 0.399 e. The highest BCUT2D eigenvalue weighted by atomic mass is 79.9. The first kappa shape index (κ1) is 14.8. The van der Waals surface area contributed by atoms with Gasteiger partial charge in [-0.2, -0.15) is 13.2 Å². The molecule has 106 valence electrons. The van der Waals surface area contributed by atoms with Crippen molar-refractivity contribution in [3.8, 4) is 0 Å². The number of pyridine rings is 1. The first-order valence-corrected chi connectivity index (χ1v) is 6.38. The van der Waals surface area contributed by atoms with E-state index in [1.807, 2.05) is 0 Å². The zero-order valence-corrected chi connectivity index (χ0v) is 11.6. The van der Waals surface area contributed by atoms with Crippen LogP contribution in [0.4, 0.5) is 13.2 Å². The molecule has 0 N–H and O–H groups in total. The van der Waals surface area contributed by atoms with Gasteiger partial charge in [-0.05, 0) is 29.8 Å². The number of hydrogen-bond acceptors (Lipinski definition) is 3. The van der Waals surface area contributed by atoms with Crippen molar-refractivity contribution in [1.82, 2.24) is 4.98 Å². The van der Waals surface area contributed by atoms with E-state index in [1.54, 1.807) is 18.2 Å². The van der Waals surface area contributed by atoms with E-state index in [0.717, 1.165) is 10.7 Å². The van der Waals surface area contributed by atoms with Crippen LogP contribution in [-0.2, 0) is 9.53 Å². The Hall–Kier alpha value is -1.63. The van der Waals surface area contributed by atoms with Crippen LogP contribution in [0.1, 0.15) is 11.5 Å². The quantitative estimate of drug-likeness (QED) is 0.789. The van der Waals surface area contributed by atoms with Gasteiger partial charge < -0.3 is 4.74 Å². The second-order valence-corrected chi connectivity index (χ2v) is 5.05. The van der Waals surface area contributed by atoms with E-state index < -0.39 is 18.7 Å². The predicted octanol–water partition coefficient (Wildman–Crippen LogP) is 3.82.